The Balaban J connectivity index is 2.03. The van der Waals surface area contributed by atoms with E-state index < -0.39 is 11.5 Å². The minimum absolute atomic E-state index is 0.0358. The Hall–Kier alpha value is -1.39. The normalized spacial score (nSPS) is 31.6. The summed E-state index contributed by atoms with van der Waals surface area (Å²) in [7, 11) is 0. The minimum Gasteiger partial charge on any atom is -0.378 e. The Morgan fingerprint density at radius 1 is 1.32 bits per heavy atom. The number of ether oxygens (including phenoxy) is 1. The molecule has 2 aliphatic heterocycles. The summed E-state index contributed by atoms with van der Waals surface area (Å²) < 4.78 is 5.52. The number of benzene rings is 1. The molecule has 0 radical (unpaired) electrons. The molecular weight excluding hydrogens is 302 g/mol. The quantitative estimate of drug-likeness (QED) is 0.809. The van der Waals surface area contributed by atoms with Gasteiger partial charge in [0.05, 0.1) is 6.10 Å². The van der Waals surface area contributed by atoms with E-state index in [1.807, 2.05) is 32.9 Å². The van der Waals surface area contributed by atoms with E-state index in [0.29, 0.717) is 30.0 Å². The Labute approximate surface area is 135 Å². The van der Waals surface area contributed by atoms with Crippen molar-refractivity contribution in [3.05, 3.63) is 33.8 Å². The Morgan fingerprint density at radius 2 is 2.05 bits per heavy atom. The highest BCUT2D eigenvalue weighted by Crippen LogP contribution is 2.40. The SMILES string of the molecule is Cc1cc(C)c(C2C(=O)NC3(CCOC(C)C3)C2=O)c(Cl)c1. The third-order valence-corrected chi connectivity index (χ3v) is 5.01. The monoisotopic (exact) mass is 321 g/mol. The first kappa shape index (κ1) is 15.5. The molecule has 2 saturated heterocycles. The zero-order chi connectivity index (χ0) is 16.1. The summed E-state index contributed by atoms with van der Waals surface area (Å²) in [6.45, 7) is 6.26. The van der Waals surface area contributed by atoms with Crippen LogP contribution in [0.3, 0.4) is 0 Å². The molecule has 0 saturated carbocycles. The van der Waals surface area contributed by atoms with Gasteiger partial charge in [0.2, 0.25) is 5.91 Å². The summed E-state index contributed by atoms with van der Waals surface area (Å²) >= 11 is 6.34. The van der Waals surface area contributed by atoms with Crippen LogP contribution in [0.1, 0.15) is 42.4 Å². The number of carbonyl (C=O) groups is 2. The molecule has 3 unspecified atom stereocenters. The van der Waals surface area contributed by atoms with Gasteiger partial charge in [-0.2, -0.15) is 0 Å². The van der Waals surface area contributed by atoms with Gasteiger partial charge in [-0.1, -0.05) is 17.7 Å². The fraction of sp³-hybridized carbons (Fsp3) is 0.529. The summed E-state index contributed by atoms with van der Waals surface area (Å²) in [4.78, 5) is 25.6. The van der Waals surface area contributed by atoms with E-state index in [0.717, 1.165) is 11.1 Å². The van der Waals surface area contributed by atoms with Crippen LogP contribution in [0, 0.1) is 13.8 Å². The second-order valence-electron chi connectivity index (χ2n) is 6.48. The van der Waals surface area contributed by atoms with E-state index in [4.69, 9.17) is 16.3 Å². The molecule has 1 aromatic rings. The van der Waals surface area contributed by atoms with Crippen LogP contribution in [-0.2, 0) is 14.3 Å². The summed E-state index contributed by atoms with van der Waals surface area (Å²) in [6, 6.07) is 3.77. The number of Topliss-reactive ketones (excluding diaryl/α,β-unsaturated/α-hetero) is 1. The highest BCUT2D eigenvalue weighted by Gasteiger charge is 2.55. The molecular formula is C17H20ClNO3. The van der Waals surface area contributed by atoms with Crippen LogP contribution in [-0.4, -0.2) is 29.9 Å². The highest BCUT2D eigenvalue weighted by atomic mass is 35.5. The van der Waals surface area contributed by atoms with E-state index in [9.17, 15) is 9.59 Å². The number of hydrogen-bond donors (Lipinski definition) is 1. The van der Waals surface area contributed by atoms with Crippen molar-refractivity contribution in [1.29, 1.82) is 0 Å². The number of aryl methyl sites for hydroxylation is 2. The van der Waals surface area contributed by atoms with Gasteiger partial charge in [-0.25, -0.2) is 0 Å². The van der Waals surface area contributed by atoms with Crippen molar-refractivity contribution in [3.63, 3.8) is 0 Å². The first-order valence-corrected chi connectivity index (χ1v) is 7.96. The topological polar surface area (TPSA) is 55.4 Å². The van der Waals surface area contributed by atoms with Crippen LogP contribution in [0.2, 0.25) is 5.02 Å². The van der Waals surface area contributed by atoms with E-state index >= 15 is 0 Å². The lowest BCUT2D eigenvalue weighted by molar-refractivity contribution is -0.129. The van der Waals surface area contributed by atoms with Crippen molar-refractivity contribution in [2.24, 2.45) is 0 Å². The molecule has 1 N–H and O–H groups in total. The predicted octanol–water partition coefficient (Wildman–Crippen LogP) is 2.68. The zero-order valence-electron chi connectivity index (χ0n) is 13.0. The highest BCUT2D eigenvalue weighted by molar-refractivity contribution is 6.33. The number of rotatable bonds is 1. The van der Waals surface area contributed by atoms with Crippen LogP contribution in [0.4, 0.5) is 0 Å². The van der Waals surface area contributed by atoms with Crippen molar-refractivity contribution < 1.29 is 14.3 Å². The Morgan fingerprint density at radius 3 is 2.68 bits per heavy atom. The van der Waals surface area contributed by atoms with Crippen molar-refractivity contribution in [3.8, 4) is 0 Å². The maximum atomic E-state index is 13.0. The largest absolute Gasteiger partial charge is 0.378 e. The van der Waals surface area contributed by atoms with Crippen LogP contribution in [0.5, 0.6) is 0 Å². The van der Waals surface area contributed by atoms with Gasteiger partial charge in [0.25, 0.3) is 0 Å². The lowest BCUT2D eigenvalue weighted by atomic mass is 9.79. The molecule has 5 heteroatoms. The van der Waals surface area contributed by atoms with Crippen LogP contribution >= 0.6 is 11.6 Å². The van der Waals surface area contributed by atoms with Gasteiger partial charge >= 0.3 is 0 Å². The third kappa shape index (κ3) is 2.34. The molecule has 2 fully saturated rings. The lowest BCUT2D eigenvalue weighted by Gasteiger charge is -2.35. The summed E-state index contributed by atoms with van der Waals surface area (Å²) in [6.07, 6.45) is 1.02. The Bertz CT molecular complexity index is 634. The fourth-order valence-corrected chi connectivity index (χ4v) is 4.17. The molecule has 0 aromatic heterocycles. The average molecular weight is 322 g/mol. The van der Waals surface area contributed by atoms with Crippen molar-refractivity contribution >= 4 is 23.3 Å². The van der Waals surface area contributed by atoms with E-state index in [1.165, 1.54) is 0 Å². The van der Waals surface area contributed by atoms with Gasteiger partial charge < -0.3 is 10.1 Å². The molecule has 0 aliphatic carbocycles. The van der Waals surface area contributed by atoms with Gasteiger partial charge in [0, 0.05) is 24.5 Å². The zero-order valence-corrected chi connectivity index (χ0v) is 13.8. The Kier molecular flexibility index (Phi) is 3.77. The molecule has 3 atom stereocenters. The van der Waals surface area contributed by atoms with Gasteiger partial charge in [-0.15, -0.1) is 0 Å². The maximum Gasteiger partial charge on any atom is 0.236 e. The van der Waals surface area contributed by atoms with E-state index in [1.54, 1.807) is 0 Å². The van der Waals surface area contributed by atoms with Gasteiger partial charge in [-0.05, 0) is 43.5 Å². The average Bonchev–Trinajstić information content (AvgIpc) is 2.62. The van der Waals surface area contributed by atoms with Gasteiger partial charge in [-0.3, -0.25) is 9.59 Å². The number of amides is 1. The first-order chi connectivity index (χ1) is 10.3. The second kappa shape index (κ2) is 5.36. The van der Waals surface area contributed by atoms with Crippen molar-refractivity contribution in [2.75, 3.05) is 6.61 Å². The summed E-state index contributed by atoms with van der Waals surface area (Å²) in [5.41, 5.74) is 1.76. The molecule has 2 heterocycles. The predicted molar refractivity (Wildman–Crippen MR) is 84.2 cm³/mol. The molecule has 1 amide bonds. The van der Waals surface area contributed by atoms with Gasteiger partial charge in [0.15, 0.2) is 5.78 Å². The summed E-state index contributed by atoms with van der Waals surface area (Å²) in [5, 5.41) is 3.43. The minimum atomic E-state index is -0.807. The number of carbonyl (C=O) groups excluding carboxylic acids is 2. The number of nitrogens with one attached hydrogen (secondary N) is 1. The number of halogens is 1. The molecule has 1 spiro atoms. The van der Waals surface area contributed by atoms with Crippen molar-refractivity contribution in [1.82, 2.24) is 5.32 Å². The molecule has 2 aliphatic rings. The molecule has 4 nitrogen and oxygen atoms in total. The molecule has 22 heavy (non-hydrogen) atoms. The van der Waals surface area contributed by atoms with Crippen LogP contribution in [0.15, 0.2) is 12.1 Å². The molecule has 0 bridgehead atoms. The second-order valence-corrected chi connectivity index (χ2v) is 6.89. The lowest BCUT2D eigenvalue weighted by Crippen LogP contribution is -2.52. The molecule has 118 valence electrons. The molecule has 1 aromatic carbocycles. The third-order valence-electron chi connectivity index (χ3n) is 4.70. The summed E-state index contributed by atoms with van der Waals surface area (Å²) in [5.74, 6) is -1.12. The fourth-order valence-electron chi connectivity index (χ4n) is 3.74. The van der Waals surface area contributed by atoms with Crippen molar-refractivity contribution in [2.45, 2.75) is 51.2 Å². The smallest absolute Gasteiger partial charge is 0.236 e. The van der Waals surface area contributed by atoms with E-state index in [2.05, 4.69) is 5.32 Å². The maximum absolute atomic E-state index is 13.0. The standard InChI is InChI=1S/C17H20ClNO3/c1-9-6-10(2)13(12(18)7-9)14-15(20)17(19-16(14)21)4-5-22-11(3)8-17/h6-7,11,14H,4-5,8H2,1-3H3,(H,19,21). The molecule has 3 rings (SSSR count). The number of hydrogen-bond acceptors (Lipinski definition) is 3. The van der Waals surface area contributed by atoms with Gasteiger partial charge in [0.1, 0.15) is 11.5 Å². The van der Waals surface area contributed by atoms with Crippen LogP contribution < -0.4 is 5.32 Å². The van der Waals surface area contributed by atoms with Crippen LogP contribution in [0.25, 0.3) is 0 Å². The number of ketones is 1. The first-order valence-electron chi connectivity index (χ1n) is 7.59. The van der Waals surface area contributed by atoms with E-state index in [-0.39, 0.29) is 17.8 Å².